The smallest absolute Gasteiger partial charge is 0.128 e. The fourth-order valence-electron chi connectivity index (χ4n) is 2.07. The minimum Gasteiger partial charge on any atom is -0.321 e. The first-order valence-corrected chi connectivity index (χ1v) is 7.99. The van der Waals surface area contributed by atoms with E-state index in [0.29, 0.717) is 6.54 Å². The molecular formula is C13H11BrClN3S. The highest BCUT2D eigenvalue weighted by Crippen LogP contribution is 2.27. The highest BCUT2D eigenvalue weighted by atomic mass is 79.9. The third-order valence-corrected chi connectivity index (χ3v) is 4.22. The number of thiazole rings is 1. The Bertz CT molecular complexity index is 706. The Labute approximate surface area is 128 Å². The maximum atomic E-state index is 6.25. The van der Waals surface area contributed by atoms with E-state index in [1.54, 1.807) is 11.3 Å². The van der Waals surface area contributed by atoms with Gasteiger partial charge in [0, 0.05) is 9.85 Å². The van der Waals surface area contributed by atoms with E-state index in [4.69, 9.17) is 11.6 Å². The molecule has 0 saturated heterocycles. The van der Waals surface area contributed by atoms with Crippen LogP contribution in [0.3, 0.4) is 0 Å². The first-order chi connectivity index (χ1) is 9.15. The van der Waals surface area contributed by atoms with Gasteiger partial charge in [0.2, 0.25) is 0 Å². The van der Waals surface area contributed by atoms with Crippen LogP contribution in [0.15, 0.2) is 33.6 Å². The number of benzene rings is 1. The Morgan fingerprint density at radius 1 is 1.47 bits per heavy atom. The summed E-state index contributed by atoms with van der Waals surface area (Å²) in [6.45, 7) is 2.64. The predicted octanol–water partition coefficient (Wildman–Crippen LogP) is 4.60. The van der Waals surface area contributed by atoms with Crippen LogP contribution >= 0.6 is 38.9 Å². The number of halogens is 2. The largest absolute Gasteiger partial charge is 0.321 e. The third kappa shape index (κ3) is 2.55. The molecule has 1 aromatic carbocycles. The lowest BCUT2D eigenvalue weighted by Crippen LogP contribution is -2.05. The molecule has 2 aromatic heterocycles. The molecule has 1 unspecified atom stereocenters. The van der Waals surface area contributed by atoms with Crippen molar-refractivity contribution in [1.82, 2.24) is 14.5 Å². The van der Waals surface area contributed by atoms with Gasteiger partial charge in [0.1, 0.15) is 5.82 Å². The Morgan fingerprint density at radius 2 is 2.32 bits per heavy atom. The quantitative estimate of drug-likeness (QED) is 0.642. The number of alkyl halides is 1. The second-order valence-electron chi connectivity index (χ2n) is 4.28. The van der Waals surface area contributed by atoms with Crippen LogP contribution in [0.5, 0.6) is 0 Å². The molecule has 0 spiro atoms. The summed E-state index contributed by atoms with van der Waals surface area (Å²) in [5, 5.41) is 1.91. The molecule has 3 aromatic rings. The van der Waals surface area contributed by atoms with E-state index in [1.165, 1.54) is 0 Å². The van der Waals surface area contributed by atoms with Crippen molar-refractivity contribution in [3.8, 4) is 0 Å². The van der Waals surface area contributed by atoms with Crippen LogP contribution in [0.25, 0.3) is 11.0 Å². The van der Waals surface area contributed by atoms with Gasteiger partial charge in [-0.2, -0.15) is 0 Å². The van der Waals surface area contributed by atoms with E-state index < -0.39 is 0 Å². The molecule has 6 heteroatoms. The zero-order chi connectivity index (χ0) is 13.4. The molecule has 0 N–H and O–H groups in total. The van der Waals surface area contributed by atoms with Gasteiger partial charge >= 0.3 is 0 Å². The van der Waals surface area contributed by atoms with Crippen LogP contribution < -0.4 is 0 Å². The molecule has 0 aliphatic rings. The maximum absolute atomic E-state index is 6.25. The molecular weight excluding hydrogens is 346 g/mol. The van der Waals surface area contributed by atoms with E-state index in [0.717, 1.165) is 27.0 Å². The van der Waals surface area contributed by atoms with Crippen LogP contribution in [-0.4, -0.2) is 14.5 Å². The monoisotopic (exact) mass is 355 g/mol. The van der Waals surface area contributed by atoms with E-state index in [9.17, 15) is 0 Å². The van der Waals surface area contributed by atoms with Crippen LogP contribution in [0.4, 0.5) is 0 Å². The second kappa shape index (κ2) is 5.23. The van der Waals surface area contributed by atoms with Crippen LogP contribution in [0.1, 0.15) is 23.8 Å². The van der Waals surface area contributed by atoms with Crippen molar-refractivity contribution in [2.45, 2.75) is 18.8 Å². The van der Waals surface area contributed by atoms with Crippen molar-refractivity contribution in [3.63, 3.8) is 0 Å². The average Bonchev–Trinajstić information content (AvgIpc) is 2.97. The number of hydrogen-bond acceptors (Lipinski definition) is 3. The standard InChI is InChI=1S/C13H11BrClN3S/c1-8(15)13-17-11-4-9(14)2-3-12(11)18(13)5-10-6-19-7-16-10/h2-4,6-8H,5H2,1H3. The normalized spacial score (nSPS) is 13.0. The zero-order valence-electron chi connectivity index (χ0n) is 10.2. The fourth-order valence-corrected chi connectivity index (χ4v) is 3.13. The summed E-state index contributed by atoms with van der Waals surface area (Å²) in [5.74, 6) is 0.878. The number of nitrogens with zero attached hydrogens (tertiary/aromatic N) is 3. The lowest BCUT2D eigenvalue weighted by Gasteiger charge is -2.08. The average molecular weight is 357 g/mol. The van der Waals surface area contributed by atoms with Gasteiger partial charge in [-0.15, -0.1) is 22.9 Å². The topological polar surface area (TPSA) is 30.7 Å². The number of imidazole rings is 1. The molecule has 0 aliphatic heterocycles. The van der Waals surface area contributed by atoms with Gasteiger partial charge in [0.15, 0.2) is 0 Å². The van der Waals surface area contributed by atoms with Crippen molar-refractivity contribution in [2.75, 3.05) is 0 Å². The second-order valence-corrected chi connectivity index (χ2v) is 6.57. The molecule has 0 aliphatic carbocycles. The SMILES string of the molecule is CC(Cl)c1nc2cc(Br)ccc2n1Cc1cscn1. The van der Waals surface area contributed by atoms with E-state index in [1.807, 2.05) is 29.9 Å². The summed E-state index contributed by atoms with van der Waals surface area (Å²) in [6, 6.07) is 6.08. The van der Waals surface area contributed by atoms with Crippen LogP contribution in [-0.2, 0) is 6.54 Å². The van der Waals surface area contributed by atoms with Crippen LogP contribution in [0, 0.1) is 0 Å². The van der Waals surface area contributed by atoms with Crippen molar-refractivity contribution in [1.29, 1.82) is 0 Å². The molecule has 2 heterocycles. The number of aromatic nitrogens is 3. The Kier molecular flexibility index (Phi) is 3.60. The van der Waals surface area contributed by atoms with Gasteiger partial charge in [-0.1, -0.05) is 15.9 Å². The summed E-state index contributed by atoms with van der Waals surface area (Å²) in [6.07, 6.45) is 0. The third-order valence-electron chi connectivity index (χ3n) is 2.90. The summed E-state index contributed by atoms with van der Waals surface area (Å²) in [4.78, 5) is 8.96. The van der Waals surface area contributed by atoms with Crippen LogP contribution in [0.2, 0.25) is 0 Å². The molecule has 0 radical (unpaired) electrons. The number of hydrogen-bond donors (Lipinski definition) is 0. The van der Waals surface area contributed by atoms with Crippen molar-refractivity contribution >= 4 is 49.9 Å². The molecule has 0 bridgehead atoms. The Morgan fingerprint density at radius 3 is 3.00 bits per heavy atom. The van der Waals surface area contributed by atoms with E-state index in [-0.39, 0.29) is 5.38 Å². The minimum atomic E-state index is -0.134. The molecule has 98 valence electrons. The predicted molar refractivity (Wildman–Crippen MR) is 82.9 cm³/mol. The molecule has 0 fully saturated rings. The molecule has 3 nitrogen and oxygen atoms in total. The lowest BCUT2D eigenvalue weighted by atomic mass is 10.3. The molecule has 0 saturated carbocycles. The molecule has 0 amide bonds. The first-order valence-electron chi connectivity index (χ1n) is 5.82. The van der Waals surface area contributed by atoms with Crippen molar-refractivity contribution in [3.05, 3.63) is 45.1 Å². The summed E-state index contributed by atoms with van der Waals surface area (Å²) >= 11 is 11.3. The van der Waals surface area contributed by atoms with Crippen molar-refractivity contribution in [2.24, 2.45) is 0 Å². The van der Waals surface area contributed by atoms with Gasteiger partial charge in [-0.05, 0) is 25.1 Å². The summed E-state index contributed by atoms with van der Waals surface area (Å²) in [7, 11) is 0. The van der Waals surface area contributed by atoms with Gasteiger partial charge in [0.25, 0.3) is 0 Å². The highest BCUT2D eigenvalue weighted by Gasteiger charge is 2.15. The van der Waals surface area contributed by atoms with Gasteiger partial charge in [-0.3, -0.25) is 0 Å². The molecule has 19 heavy (non-hydrogen) atoms. The maximum Gasteiger partial charge on any atom is 0.128 e. The number of fused-ring (bicyclic) bond motifs is 1. The molecule has 3 rings (SSSR count). The minimum absolute atomic E-state index is 0.134. The fraction of sp³-hybridized carbons (Fsp3) is 0.231. The summed E-state index contributed by atoms with van der Waals surface area (Å²) < 4.78 is 3.15. The number of rotatable bonds is 3. The van der Waals surface area contributed by atoms with Crippen molar-refractivity contribution < 1.29 is 0 Å². The molecule has 1 atom stereocenters. The highest BCUT2D eigenvalue weighted by molar-refractivity contribution is 9.10. The van der Waals surface area contributed by atoms with Gasteiger partial charge in [0.05, 0.1) is 34.2 Å². The van der Waals surface area contributed by atoms with Gasteiger partial charge in [-0.25, -0.2) is 9.97 Å². The lowest BCUT2D eigenvalue weighted by molar-refractivity contribution is 0.731. The van der Waals surface area contributed by atoms with E-state index in [2.05, 4.69) is 36.5 Å². The Hall–Kier alpha value is -0.910. The summed E-state index contributed by atoms with van der Waals surface area (Å²) in [5.41, 5.74) is 4.91. The van der Waals surface area contributed by atoms with Gasteiger partial charge < -0.3 is 4.57 Å². The zero-order valence-corrected chi connectivity index (χ0v) is 13.3. The first kappa shape index (κ1) is 13.1. The van der Waals surface area contributed by atoms with E-state index >= 15 is 0 Å². The Balaban J connectivity index is 2.16.